The standard InChI is InChI=1S/C12H17N3O3S/c1-9(16)15-7-4-10-8-11(2-3-12(10)15)19(17,18)14-6-5-13/h2-3,8,14H,4-7,13H2,1H3. The Morgan fingerprint density at radius 1 is 1.47 bits per heavy atom. The lowest BCUT2D eigenvalue weighted by Crippen LogP contribution is -2.29. The predicted molar refractivity (Wildman–Crippen MR) is 72.4 cm³/mol. The number of fused-ring (bicyclic) bond motifs is 1. The van der Waals surface area contributed by atoms with Gasteiger partial charge in [-0.05, 0) is 30.2 Å². The molecule has 0 aromatic heterocycles. The first-order valence-electron chi connectivity index (χ1n) is 6.06. The minimum absolute atomic E-state index is 0.0318. The summed E-state index contributed by atoms with van der Waals surface area (Å²) in [5.74, 6) is -0.0318. The van der Waals surface area contributed by atoms with E-state index in [9.17, 15) is 13.2 Å². The van der Waals surface area contributed by atoms with Crippen molar-refractivity contribution in [3.05, 3.63) is 23.8 Å². The molecular weight excluding hydrogens is 266 g/mol. The molecule has 6 nitrogen and oxygen atoms in total. The maximum absolute atomic E-state index is 12.0. The second-order valence-corrected chi connectivity index (χ2v) is 6.16. The Bertz CT molecular complexity index is 598. The van der Waals surface area contributed by atoms with Crippen molar-refractivity contribution in [1.82, 2.24) is 4.72 Å². The summed E-state index contributed by atoms with van der Waals surface area (Å²) >= 11 is 0. The van der Waals surface area contributed by atoms with E-state index in [1.807, 2.05) is 0 Å². The maximum Gasteiger partial charge on any atom is 0.240 e. The molecule has 0 spiro atoms. The molecule has 0 radical (unpaired) electrons. The van der Waals surface area contributed by atoms with Crippen LogP contribution in [-0.4, -0.2) is 34.0 Å². The molecule has 0 saturated carbocycles. The Labute approximate surface area is 112 Å². The minimum atomic E-state index is -3.52. The summed E-state index contributed by atoms with van der Waals surface area (Å²) in [6.45, 7) is 2.56. The number of hydrogen-bond acceptors (Lipinski definition) is 4. The molecule has 0 bridgehead atoms. The second-order valence-electron chi connectivity index (χ2n) is 4.40. The van der Waals surface area contributed by atoms with Crippen LogP contribution in [0.4, 0.5) is 5.69 Å². The first-order valence-corrected chi connectivity index (χ1v) is 7.55. The molecule has 1 aliphatic rings. The Balaban J connectivity index is 2.31. The fourth-order valence-corrected chi connectivity index (χ4v) is 3.25. The number of anilines is 1. The molecule has 2 rings (SSSR count). The second kappa shape index (κ2) is 5.28. The molecule has 7 heteroatoms. The Kier molecular flexibility index (Phi) is 3.88. The lowest BCUT2D eigenvalue weighted by Gasteiger charge is -2.15. The number of carbonyl (C=O) groups is 1. The van der Waals surface area contributed by atoms with Crippen molar-refractivity contribution in [3.63, 3.8) is 0 Å². The van der Waals surface area contributed by atoms with Crippen molar-refractivity contribution in [2.24, 2.45) is 5.73 Å². The van der Waals surface area contributed by atoms with Crippen molar-refractivity contribution in [2.75, 3.05) is 24.5 Å². The quantitative estimate of drug-likeness (QED) is 0.802. The monoisotopic (exact) mass is 283 g/mol. The van der Waals surface area contributed by atoms with Crippen molar-refractivity contribution >= 4 is 21.6 Å². The first-order chi connectivity index (χ1) is 8.95. The number of nitrogens with two attached hydrogens (primary N) is 1. The summed E-state index contributed by atoms with van der Waals surface area (Å²) in [5, 5.41) is 0. The van der Waals surface area contributed by atoms with E-state index in [0.717, 1.165) is 11.3 Å². The third-order valence-corrected chi connectivity index (χ3v) is 4.53. The summed E-state index contributed by atoms with van der Waals surface area (Å²) in [6.07, 6.45) is 0.676. The van der Waals surface area contributed by atoms with Gasteiger partial charge in [0.25, 0.3) is 0 Å². The summed E-state index contributed by atoms with van der Waals surface area (Å²) < 4.78 is 26.3. The molecule has 0 aliphatic carbocycles. The van der Waals surface area contributed by atoms with Crippen LogP contribution in [0.2, 0.25) is 0 Å². The molecule has 1 aromatic rings. The molecule has 1 aliphatic heterocycles. The van der Waals surface area contributed by atoms with Crippen LogP contribution in [0.3, 0.4) is 0 Å². The highest BCUT2D eigenvalue weighted by Gasteiger charge is 2.24. The Hall–Kier alpha value is -1.44. The van der Waals surface area contributed by atoms with Gasteiger partial charge in [-0.2, -0.15) is 0 Å². The molecule has 1 heterocycles. The third-order valence-electron chi connectivity index (χ3n) is 3.07. The fraction of sp³-hybridized carbons (Fsp3) is 0.417. The zero-order valence-electron chi connectivity index (χ0n) is 10.7. The van der Waals surface area contributed by atoms with Crippen LogP contribution in [0, 0.1) is 0 Å². The highest BCUT2D eigenvalue weighted by molar-refractivity contribution is 7.89. The molecule has 1 amide bonds. The lowest BCUT2D eigenvalue weighted by atomic mass is 10.2. The molecule has 0 saturated heterocycles. The van der Waals surface area contributed by atoms with Gasteiger partial charge >= 0.3 is 0 Å². The average Bonchev–Trinajstić information content (AvgIpc) is 2.79. The Morgan fingerprint density at radius 2 is 2.21 bits per heavy atom. The van der Waals surface area contributed by atoms with Crippen molar-refractivity contribution in [3.8, 4) is 0 Å². The highest BCUT2D eigenvalue weighted by Crippen LogP contribution is 2.30. The molecule has 104 valence electrons. The summed E-state index contributed by atoms with van der Waals surface area (Å²) in [7, 11) is -3.52. The number of amides is 1. The van der Waals surface area contributed by atoms with Gasteiger partial charge < -0.3 is 10.6 Å². The van der Waals surface area contributed by atoms with E-state index >= 15 is 0 Å². The summed E-state index contributed by atoms with van der Waals surface area (Å²) in [5.41, 5.74) is 6.96. The topological polar surface area (TPSA) is 92.5 Å². The Morgan fingerprint density at radius 3 is 2.84 bits per heavy atom. The van der Waals surface area contributed by atoms with Gasteiger partial charge in [0.2, 0.25) is 15.9 Å². The van der Waals surface area contributed by atoms with Crippen LogP contribution in [0.25, 0.3) is 0 Å². The SMILES string of the molecule is CC(=O)N1CCc2cc(S(=O)(=O)NCCN)ccc21. The smallest absolute Gasteiger partial charge is 0.240 e. The van der Waals surface area contributed by atoms with E-state index in [1.54, 1.807) is 17.0 Å². The van der Waals surface area contributed by atoms with Crippen LogP contribution >= 0.6 is 0 Å². The van der Waals surface area contributed by atoms with Crippen LogP contribution in [0.1, 0.15) is 12.5 Å². The number of nitrogens with zero attached hydrogens (tertiary/aromatic N) is 1. The number of benzene rings is 1. The zero-order valence-corrected chi connectivity index (χ0v) is 11.5. The van der Waals surface area contributed by atoms with E-state index in [0.29, 0.717) is 13.0 Å². The number of rotatable bonds is 4. The van der Waals surface area contributed by atoms with Gasteiger partial charge in [-0.15, -0.1) is 0 Å². The van der Waals surface area contributed by atoms with Crippen LogP contribution in [-0.2, 0) is 21.2 Å². The van der Waals surface area contributed by atoms with E-state index in [4.69, 9.17) is 5.73 Å². The number of sulfonamides is 1. The van der Waals surface area contributed by atoms with Gasteiger partial charge in [0, 0.05) is 32.2 Å². The van der Waals surface area contributed by atoms with Gasteiger partial charge in [0.1, 0.15) is 0 Å². The van der Waals surface area contributed by atoms with Crippen LogP contribution in [0.15, 0.2) is 23.1 Å². The molecular formula is C12H17N3O3S. The normalized spacial score (nSPS) is 14.5. The van der Waals surface area contributed by atoms with Gasteiger partial charge in [-0.1, -0.05) is 0 Å². The largest absolute Gasteiger partial charge is 0.329 e. The average molecular weight is 283 g/mol. The highest BCUT2D eigenvalue weighted by atomic mass is 32.2. The maximum atomic E-state index is 12.0. The van der Waals surface area contributed by atoms with E-state index in [1.165, 1.54) is 13.0 Å². The number of nitrogens with one attached hydrogen (secondary N) is 1. The zero-order chi connectivity index (χ0) is 14.0. The first kappa shape index (κ1) is 14.0. The molecule has 1 aromatic carbocycles. The van der Waals surface area contributed by atoms with E-state index < -0.39 is 10.0 Å². The number of hydrogen-bond donors (Lipinski definition) is 2. The lowest BCUT2D eigenvalue weighted by molar-refractivity contribution is -0.116. The van der Waals surface area contributed by atoms with Gasteiger partial charge in [-0.3, -0.25) is 4.79 Å². The van der Waals surface area contributed by atoms with Crippen LogP contribution in [0.5, 0.6) is 0 Å². The van der Waals surface area contributed by atoms with Gasteiger partial charge in [0.15, 0.2) is 0 Å². The minimum Gasteiger partial charge on any atom is -0.329 e. The third kappa shape index (κ3) is 2.78. The fourth-order valence-electron chi connectivity index (χ4n) is 2.15. The molecule has 0 fully saturated rings. The predicted octanol–water partition coefficient (Wildman–Crippen LogP) is -0.167. The van der Waals surface area contributed by atoms with Gasteiger partial charge in [0.05, 0.1) is 4.90 Å². The van der Waals surface area contributed by atoms with E-state index in [2.05, 4.69) is 4.72 Å². The van der Waals surface area contributed by atoms with Crippen LogP contribution < -0.4 is 15.4 Å². The summed E-state index contributed by atoms with van der Waals surface area (Å²) in [6, 6.07) is 4.82. The molecule has 19 heavy (non-hydrogen) atoms. The van der Waals surface area contributed by atoms with Crippen molar-refractivity contribution in [2.45, 2.75) is 18.2 Å². The molecule has 0 atom stereocenters. The molecule has 3 N–H and O–H groups in total. The summed E-state index contributed by atoms with van der Waals surface area (Å²) in [4.78, 5) is 13.3. The van der Waals surface area contributed by atoms with Crippen molar-refractivity contribution < 1.29 is 13.2 Å². The van der Waals surface area contributed by atoms with Gasteiger partial charge in [-0.25, -0.2) is 13.1 Å². The van der Waals surface area contributed by atoms with E-state index in [-0.39, 0.29) is 23.9 Å². The van der Waals surface area contributed by atoms with Crippen molar-refractivity contribution in [1.29, 1.82) is 0 Å². The number of carbonyl (C=O) groups excluding carboxylic acids is 1. The molecule has 0 unspecified atom stereocenters.